The Bertz CT molecular complexity index is 1200. The van der Waals surface area contributed by atoms with E-state index in [1.165, 1.54) is 18.2 Å². The van der Waals surface area contributed by atoms with E-state index >= 15 is 0 Å². The van der Waals surface area contributed by atoms with Crippen LogP contribution in [0.5, 0.6) is 5.75 Å². The van der Waals surface area contributed by atoms with E-state index in [4.69, 9.17) is 9.47 Å². The number of hydrogen-bond acceptors (Lipinski definition) is 6. The van der Waals surface area contributed by atoms with Crippen LogP contribution < -0.4 is 4.74 Å². The highest BCUT2D eigenvalue weighted by molar-refractivity contribution is 5.81. The fourth-order valence-corrected chi connectivity index (χ4v) is 2.97. The molecule has 0 saturated heterocycles. The molecule has 0 saturated carbocycles. The molecule has 2 rings (SSSR count). The minimum Gasteiger partial charge on any atom is -0.466 e. The van der Waals surface area contributed by atoms with Crippen LogP contribution in [0.3, 0.4) is 0 Å². The summed E-state index contributed by atoms with van der Waals surface area (Å²) in [5, 5.41) is 9.42. The van der Waals surface area contributed by atoms with Crippen molar-refractivity contribution in [3.05, 3.63) is 77.9 Å². The lowest BCUT2D eigenvalue weighted by molar-refractivity contribution is -0.257. The minimum atomic E-state index is -5.34. The summed E-state index contributed by atoms with van der Waals surface area (Å²) in [6, 6.07) is 9.81. The third-order valence-electron chi connectivity index (χ3n) is 5.47. The number of aliphatic hydroxyl groups is 1. The second-order valence-electron chi connectivity index (χ2n) is 8.34. The summed E-state index contributed by atoms with van der Waals surface area (Å²) in [5.41, 5.74) is -6.59. The summed E-state index contributed by atoms with van der Waals surface area (Å²) in [5.74, 6) is -4.33. The molecule has 0 fully saturated rings. The van der Waals surface area contributed by atoms with Crippen LogP contribution in [-0.4, -0.2) is 40.6 Å². The summed E-state index contributed by atoms with van der Waals surface area (Å²) < 4.78 is 95.3. The van der Waals surface area contributed by atoms with Crippen LogP contribution in [0.25, 0.3) is 12.2 Å². The fraction of sp³-hybridized carbons (Fsp3) is 0.308. The van der Waals surface area contributed by atoms with Crippen LogP contribution in [0.1, 0.15) is 36.1 Å². The largest absolute Gasteiger partial charge is 0.466 e. The van der Waals surface area contributed by atoms with Gasteiger partial charge in [-0.05, 0) is 37.1 Å². The summed E-state index contributed by atoms with van der Waals surface area (Å²) in [6.07, 6.45) is -8.10. The van der Waals surface area contributed by atoms with Gasteiger partial charge in [0.1, 0.15) is 19.0 Å². The van der Waals surface area contributed by atoms with Crippen molar-refractivity contribution in [3.63, 3.8) is 0 Å². The van der Waals surface area contributed by atoms with Crippen LogP contribution in [0.15, 0.2) is 55.6 Å². The second-order valence-corrected chi connectivity index (χ2v) is 8.34. The van der Waals surface area contributed by atoms with Gasteiger partial charge in [-0.3, -0.25) is 0 Å². The molecule has 1 N–H and O–H groups in total. The molecule has 0 heterocycles. The quantitative estimate of drug-likeness (QED) is 0.301. The van der Waals surface area contributed by atoms with Crippen LogP contribution in [0, 0.1) is 0 Å². The number of carbonyl (C=O) groups excluding carboxylic acids is 2. The highest BCUT2D eigenvalue weighted by atomic mass is 19.4. The smallest absolute Gasteiger partial charge is 0.439 e. The lowest BCUT2D eigenvalue weighted by Crippen LogP contribution is -2.55. The lowest BCUT2D eigenvalue weighted by atomic mass is 10.0. The molecule has 2 unspecified atom stereocenters. The fourth-order valence-electron chi connectivity index (χ4n) is 2.97. The van der Waals surface area contributed by atoms with Crippen LogP contribution in [0.2, 0.25) is 0 Å². The first-order valence-electron chi connectivity index (χ1n) is 10.8. The SMILES string of the molecule is C=Cc1cccc(COC(=O)C(C)(Oc2cccc(COC(=O)C(C)(O)C(F)(F)F)c2C=C)C(F)(F)F)c1. The molecule has 0 aliphatic rings. The first-order valence-corrected chi connectivity index (χ1v) is 10.8. The zero-order valence-electron chi connectivity index (χ0n) is 20.3. The molecule has 0 aliphatic heterocycles. The third kappa shape index (κ3) is 6.55. The molecular formula is C26H24F6O6. The molecule has 0 amide bonds. The second kappa shape index (κ2) is 11.3. The monoisotopic (exact) mass is 546 g/mol. The molecule has 206 valence electrons. The van der Waals surface area contributed by atoms with Crippen molar-refractivity contribution < 1.29 is 55.2 Å². The Kier molecular flexibility index (Phi) is 9.04. The minimum absolute atomic E-state index is 0.108. The maximum Gasteiger partial charge on any atom is 0.439 e. The molecule has 12 heteroatoms. The first kappa shape index (κ1) is 30.4. The van der Waals surface area contributed by atoms with Crippen molar-refractivity contribution in [2.75, 3.05) is 0 Å². The van der Waals surface area contributed by atoms with Gasteiger partial charge in [0.15, 0.2) is 0 Å². The lowest BCUT2D eigenvalue weighted by Gasteiger charge is -2.31. The predicted molar refractivity (Wildman–Crippen MR) is 124 cm³/mol. The van der Waals surface area contributed by atoms with Gasteiger partial charge in [0.25, 0.3) is 11.2 Å². The average Bonchev–Trinajstić information content (AvgIpc) is 2.84. The van der Waals surface area contributed by atoms with Gasteiger partial charge in [-0.1, -0.05) is 55.6 Å². The van der Waals surface area contributed by atoms with Crippen LogP contribution >= 0.6 is 0 Å². The number of carbonyl (C=O) groups is 2. The number of ether oxygens (including phenoxy) is 3. The maximum absolute atomic E-state index is 14.0. The number of benzene rings is 2. The Morgan fingerprint density at radius 2 is 1.47 bits per heavy atom. The van der Waals surface area contributed by atoms with Crippen molar-refractivity contribution in [2.45, 2.75) is 50.6 Å². The number of rotatable bonds is 10. The molecule has 2 atom stereocenters. The number of hydrogen-bond donors (Lipinski definition) is 1. The van der Waals surface area contributed by atoms with E-state index in [1.807, 2.05) is 0 Å². The van der Waals surface area contributed by atoms with E-state index in [-0.39, 0.29) is 18.1 Å². The van der Waals surface area contributed by atoms with Crippen molar-refractivity contribution >= 4 is 24.1 Å². The topological polar surface area (TPSA) is 82.1 Å². The van der Waals surface area contributed by atoms with Gasteiger partial charge in [0.05, 0.1) is 0 Å². The summed E-state index contributed by atoms with van der Waals surface area (Å²) in [6.45, 7) is 6.29. The van der Waals surface area contributed by atoms with Gasteiger partial charge < -0.3 is 19.3 Å². The highest BCUT2D eigenvalue weighted by Gasteiger charge is 2.61. The zero-order valence-corrected chi connectivity index (χ0v) is 20.3. The normalized spacial score (nSPS) is 15.0. The van der Waals surface area contributed by atoms with E-state index < -0.39 is 54.5 Å². The maximum atomic E-state index is 14.0. The molecule has 6 nitrogen and oxygen atoms in total. The molecule has 2 aromatic rings. The predicted octanol–water partition coefficient (Wildman–Crippen LogP) is 5.77. The average molecular weight is 546 g/mol. The van der Waals surface area contributed by atoms with E-state index in [1.54, 1.807) is 18.2 Å². The molecule has 2 aromatic carbocycles. The Morgan fingerprint density at radius 3 is 2.03 bits per heavy atom. The molecule has 38 heavy (non-hydrogen) atoms. The number of halogens is 6. The van der Waals surface area contributed by atoms with Crippen molar-refractivity contribution in [1.82, 2.24) is 0 Å². The first-order chi connectivity index (χ1) is 17.5. The summed E-state index contributed by atoms with van der Waals surface area (Å²) in [4.78, 5) is 24.4. The van der Waals surface area contributed by atoms with E-state index in [9.17, 15) is 41.0 Å². The van der Waals surface area contributed by atoms with Gasteiger partial charge in [-0.15, -0.1) is 0 Å². The van der Waals surface area contributed by atoms with Crippen molar-refractivity contribution in [3.8, 4) is 5.75 Å². The molecular weight excluding hydrogens is 522 g/mol. The molecule has 0 radical (unpaired) electrons. The van der Waals surface area contributed by atoms with Crippen molar-refractivity contribution in [2.24, 2.45) is 0 Å². The highest BCUT2D eigenvalue weighted by Crippen LogP contribution is 2.38. The summed E-state index contributed by atoms with van der Waals surface area (Å²) in [7, 11) is 0. The number of alkyl halides is 6. The standard InChI is InChI=1S/C26H24F6O6/c1-5-16-9-7-10-17(13-16)14-36-22(34)24(4,26(30,31)32)38-20-12-8-11-18(19(20)6-2)15-37-21(33)23(3,35)25(27,28)29/h5-13,35H,1-2,14-15H2,3-4H3. The molecule has 0 aliphatic carbocycles. The molecule has 0 aromatic heterocycles. The molecule has 0 spiro atoms. The Balaban J connectivity index is 2.31. The van der Waals surface area contributed by atoms with Gasteiger partial charge in [-0.2, -0.15) is 26.3 Å². The zero-order chi connectivity index (χ0) is 28.9. The molecule has 0 bridgehead atoms. The van der Waals surface area contributed by atoms with E-state index in [0.29, 0.717) is 18.1 Å². The Labute approximate surface area is 214 Å². The van der Waals surface area contributed by atoms with Gasteiger partial charge in [-0.25, -0.2) is 9.59 Å². The van der Waals surface area contributed by atoms with Gasteiger partial charge in [0.2, 0.25) is 0 Å². The van der Waals surface area contributed by atoms with Crippen LogP contribution in [0.4, 0.5) is 26.3 Å². The van der Waals surface area contributed by atoms with E-state index in [2.05, 4.69) is 17.9 Å². The van der Waals surface area contributed by atoms with Gasteiger partial charge >= 0.3 is 24.3 Å². The van der Waals surface area contributed by atoms with Gasteiger partial charge in [0, 0.05) is 11.1 Å². The van der Waals surface area contributed by atoms with E-state index in [0.717, 1.165) is 18.2 Å². The third-order valence-corrected chi connectivity index (χ3v) is 5.47. The summed E-state index contributed by atoms with van der Waals surface area (Å²) >= 11 is 0. The van der Waals surface area contributed by atoms with Crippen molar-refractivity contribution in [1.29, 1.82) is 0 Å². The number of esters is 2. The van der Waals surface area contributed by atoms with Crippen LogP contribution in [-0.2, 0) is 32.3 Å². The Morgan fingerprint density at radius 1 is 0.868 bits per heavy atom. The Hall–Kier alpha value is -3.80.